The van der Waals surface area contributed by atoms with Gasteiger partial charge in [0.1, 0.15) is 35.6 Å². The number of aliphatic hydroxyl groups excluding tert-OH is 5. The van der Waals surface area contributed by atoms with E-state index in [9.17, 15) is 45.3 Å². The fourth-order valence-electron chi connectivity index (χ4n) is 12.1. The molecule has 22 unspecified atom stereocenters. The van der Waals surface area contributed by atoms with E-state index in [0.717, 1.165) is 0 Å². The summed E-state index contributed by atoms with van der Waals surface area (Å²) in [4.78, 5) is 28.4. The highest BCUT2D eigenvalue weighted by Crippen LogP contribution is 2.48. The number of ether oxygens (including phenoxy) is 12. The van der Waals surface area contributed by atoms with Gasteiger partial charge in [0.25, 0.3) is 0 Å². The number of aliphatic hydroxyl groups is 5. The fourth-order valence-corrected chi connectivity index (χ4v) is 12.1. The Morgan fingerprint density at radius 1 is 0.487 bits per heavy atom. The molecule has 21 heteroatoms. The van der Waals surface area contributed by atoms with Crippen LogP contribution >= 0.6 is 0 Å². The van der Waals surface area contributed by atoms with Crippen LogP contribution < -0.4 is 4.74 Å². The van der Waals surface area contributed by atoms with Gasteiger partial charge in [-0.15, -0.1) is 0 Å². The van der Waals surface area contributed by atoms with Crippen molar-refractivity contribution in [2.75, 3.05) is 0 Å². The number of Topliss-reactive ketones (excluding diaryl/α,β-unsaturated/α-hetero) is 2. The SMILES string of the molecule is Cc1cc(O)c2c(c1)CC(O)C1=C2C(=O)c2c(O)ccc(OC3CC(O)C(OC4CC(OC5CCC(OC6CCC(OC7CC(OC8CCC(O)C(C)O8)C(O)C(C)O7)C(C)O6)C(C)O5)C(O)C(C)O4)C(C)O3)c2C1=O. The molecule has 2 aromatic rings. The van der Waals surface area contributed by atoms with Crippen LogP contribution in [0, 0.1) is 6.92 Å². The van der Waals surface area contributed by atoms with E-state index < -0.39 is 122 Å². The van der Waals surface area contributed by atoms with Crippen molar-refractivity contribution in [1.29, 1.82) is 0 Å². The van der Waals surface area contributed by atoms with E-state index in [0.29, 0.717) is 56.1 Å². The molecule has 0 bridgehead atoms. The Kier molecular flexibility index (Phi) is 16.7. The van der Waals surface area contributed by atoms with Crippen molar-refractivity contribution >= 4 is 17.1 Å². The van der Waals surface area contributed by atoms with Crippen LogP contribution in [0.1, 0.15) is 137 Å². The number of phenolic OH excluding ortho intramolecular Hbond substituents is 2. The van der Waals surface area contributed by atoms with Gasteiger partial charge in [-0.25, -0.2) is 0 Å². The zero-order valence-electron chi connectivity index (χ0n) is 43.9. The Bertz CT molecular complexity index is 2450. The third-order valence-electron chi connectivity index (χ3n) is 16.3. The summed E-state index contributed by atoms with van der Waals surface area (Å²) in [5, 5.41) is 76.7. The van der Waals surface area contributed by atoms with Crippen LogP contribution in [0.2, 0.25) is 0 Å². The number of aromatic hydroxyl groups is 2. The topological polar surface area (TPSA) is 287 Å². The molecule has 6 saturated heterocycles. The molecule has 6 aliphatic heterocycles. The number of ketones is 2. The molecule has 21 nitrogen and oxygen atoms in total. The van der Waals surface area contributed by atoms with Gasteiger partial charge >= 0.3 is 0 Å². The number of allylic oxidation sites excluding steroid dienone is 1. The highest BCUT2D eigenvalue weighted by Gasteiger charge is 2.48. The molecule has 2 aliphatic carbocycles. The van der Waals surface area contributed by atoms with Crippen LogP contribution in [0.25, 0.3) is 5.57 Å². The van der Waals surface area contributed by atoms with Gasteiger partial charge in [0.2, 0.25) is 6.29 Å². The largest absolute Gasteiger partial charge is 0.507 e. The number of phenols is 2. The molecule has 6 heterocycles. The van der Waals surface area contributed by atoms with Gasteiger partial charge < -0.3 is 92.6 Å². The molecule has 22 atom stereocenters. The minimum atomic E-state index is -1.37. The van der Waals surface area contributed by atoms with Crippen LogP contribution in [0.3, 0.4) is 0 Å². The molecule has 10 rings (SSSR count). The molecule has 8 aliphatic rings. The van der Waals surface area contributed by atoms with Crippen LogP contribution in [-0.4, -0.2) is 183 Å². The number of fused-ring (bicyclic) bond motifs is 3. The van der Waals surface area contributed by atoms with Crippen molar-refractivity contribution in [2.45, 2.75) is 248 Å². The number of hydrogen-bond donors (Lipinski definition) is 7. The van der Waals surface area contributed by atoms with Crippen LogP contribution in [0.15, 0.2) is 29.8 Å². The zero-order valence-corrected chi connectivity index (χ0v) is 43.9. The second-order valence-corrected chi connectivity index (χ2v) is 21.9. The van der Waals surface area contributed by atoms with Gasteiger partial charge in [-0.05, 0) is 97.1 Å². The number of rotatable bonds is 12. The summed E-state index contributed by atoms with van der Waals surface area (Å²) in [5.74, 6) is -2.31. The first-order chi connectivity index (χ1) is 36.2. The number of carbonyl (C=O) groups is 2. The fraction of sp³-hybridized carbons (Fsp3) is 0.709. The number of aryl methyl sites for hydroxylation is 1. The van der Waals surface area contributed by atoms with Gasteiger partial charge in [0.05, 0.1) is 90.5 Å². The molecule has 0 saturated carbocycles. The van der Waals surface area contributed by atoms with Crippen LogP contribution in [-0.2, 0) is 58.5 Å². The Balaban J connectivity index is 0.692. The molecule has 0 spiro atoms. The summed E-state index contributed by atoms with van der Waals surface area (Å²) >= 11 is 0. The summed E-state index contributed by atoms with van der Waals surface area (Å²) in [6.07, 6.45) is -11.7. The summed E-state index contributed by atoms with van der Waals surface area (Å²) in [5.41, 5.74) is 0.353. The third kappa shape index (κ3) is 11.4. The van der Waals surface area contributed by atoms with Crippen molar-refractivity contribution in [1.82, 2.24) is 0 Å². The maximum atomic E-state index is 14.2. The monoisotopic (exact) mass is 1070 g/mol. The Morgan fingerprint density at radius 3 is 1.59 bits per heavy atom. The normalized spacial score (nSPS) is 42.0. The molecule has 0 radical (unpaired) electrons. The lowest BCUT2D eigenvalue weighted by Gasteiger charge is -2.45. The van der Waals surface area contributed by atoms with E-state index in [-0.39, 0.29) is 89.1 Å². The van der Waals surface area contributed by atoms with Gasteiger partial charge in [0, 0.05) is 61.7 Å². The summed E-state index contributed by atoms with van der Waals surface area (Å²) in [7, 11) is 0. The summed E-state index contributed by atoms with van der Waals surface area (Å²) in [6, 6.07) is 5.73. The number of carbonyl (C=O) groups excluding carboxylic acids is 2. The highest BCUT2D eigenvalue weighted by molar-refractivity contribution is 6.42. The summed E-state index contributed by atoms with van der Waals surface area (Å²) < 4.78 is 74.6. The first kappa shape index (κ1) is 55.6. The van der Waals surface area contributed by atoms with Crippen molar-refractivity contribution in [2.24, 2.45) is 0 Å². The van der Waals surface area contributed by atoms with E-state index in [1.807, 2.05) is 13.8 Å². The molecule has 2 aromatic carbocycles. The van der Waals surface area contributed by atoms with E-state index in [1.165, 1.54) is 18.2 Å². The molecule has 76 heavy (non-hydrogen) atoms. The number of benzene rings is 2. The van der Waals surface area contributed by atoms with Crippen molar-refractivity contribution < 1.29 is 102 Å². The first-order valence-corrected chi connectivity index (χ1v) is 27.0. The average molecular weight is 1070 g/mol. The standard InChI is InChI=1S/C55H74O21/c1-22-16-29-18-33(59)48-50(46(29)32(58)17-22)54(64)47-31(57)8-10-37(49(47)53(48)63)73-43-19-34(60)55(28(7)70-43)76-45-21-39(52(62)27(6)69-45)75-42-15-11-35(24(3)67-42)71-41-14-12-36(25(4)66-41)72-44-20-38(51(61)26(5)68-44)74-40-13-9-30(56)23(2)65-40/h8,10,16-17,23-28,30,33-36,38-45,51-52,55-62H,9,11-15,18-21H2,1-7H3. The average Bonchev–Trinajstić information content (AvgIpc) is 3.41. The molecule has 0 aromatic heterocycles. The van der Waals surface area contributed by atoms with E-state index in [2.05, 4.69) is 0 Å². The molecule has 0 amide bonds. The smallest absolute Gasteiger partial charge is 0.202 e. The molecule has 6 fully saturated rings. The van der Waals surface area contributed by atoms with E-state index >= 15 is 0 Å². The zero-order chi connectivity index (χ0) is 54.0. The lowest BCUT2D eigenvalue weighted by Crippen LogP contribution is -2.55. The Morgan fingerprint density at radius 2 is 1.01 bits per heavy atom. The van der Waals surface area contributed by atoms with Gasteiger partial charge in [-0.1, -0.05) is 6.07 Å². The third-order valence-corrected chi connectivity index (χ3v) is 16.3. The van der Waals surface area contributed by atoms with Gasteiger partial charge in [-0.3, -0.25) is 9.59 Å². The van der Waals surface area contributed by atoms with Crippen molar-refractivity contribution in [3.8, 4) is 17.2 Å². The minimum absolute atomic E-state index is 0.0191. The predicted molar refractivity (Wildman–Crippen MR) is 263 cm³/mol. The minimum Gasteiger partial charge on any atom is -0.507 e. The maximum absolute atomic E-state index is 14.2. The predicted octanol–water partition coefficient (Wildman–Crippen LogP) is 3.88. The lowest BCUT2D eigenvalue weighted by atomic mass is 9.72. The maximum Gasteiger partial charge on any atom is 0.202 e. The van der Waals surface area contributed by atoms with Gasteiger partial charge in [-0.2, -0.15) is 0 Å². The Labute approximate surface area is 441 Å². The first-order valence-electron chi connectivity index (χ1n) is 27.0. The quantitative estimate of drug-likeness (QED) is 0.159. The molecular weight excluding hydrogens is 997 g/mol. The highest BCUT2D eigenvalue weighted by atomic mass is 16.8. The molecular formula is C55H74O21. The molecule has 7 N–H and O–H groups in total. The van der Waals surface area contributed by atoms with Gasteiger partial charge in [0.15, 0.2) is 43.0 Å². The van der Waals surface area contributed by atoms with Crippen molar-refractivity contribution in [3.63, 3.8) is 0 Å². The second kappa shape index (κ2) is 22.8. The lowest BCUT2D eigenvalue weighted by molar-refractivity contribution is -0.333. The molecule has 420 valence electrons. The Hall–Kier alpha value is -3.72. The van der Waals surface area contributed by atoms with E-state index in [1.54, 1.807) is 40.7 Å². The van der Waals surface area contributed by atoms with Crippen molar-refractivity contribution in [3.05, 3.63) is 57.7 Å². The second-order valence-electron chi connectivity index (χ2n) is 21.9. The number of hydrogen-bond acceptors (Lipinski definition) is 21. The van der Waals surface area contributed by atoms with Crippen LogP contribution in [0.4, 0.5) is 0 Å². The summed E-state index contributed by atoms with van der Waals surface area (Å²) in [6.45, 7) is 12.5. The van der Waals surface area contributed by atoms with Crippen LogP contribution in [0.5, 0.6) is 17.2 Å². The van der Waals surface area contributed by atoms with E-state index in [4.69, 9.17) is 56.8 Å².